The smallest absolute Gasteiger partial charge is 0.219 e. The van der Waals surface area contributed by atoms with Gasteiger partial charge in [0.05, 0.1) is 6.54 Å². The van der Waals surface area contributed by atoms with Crippen LogP contribution in [-0.4, -0.2) is 55.0 Å². The average Bonchev–Trinajstić information content (AvgIpc) is 2.65. The highest BCUT2D eigenvalue weighted by molar-refractivity contribution is 6.09. The van der Waals surface area contributed by atoms with Crippen LogP contribution in [0.3, 0.4) is 0 Å². The van der Waals surface area contributed by atoms with Crippen molar-refractivity contribution in [3.05, 3.63) is 41.4 Å². The predicted molar refractivity (Wildman–Crippen MR) is 104 cm³/mol. The number of rotatable bonds is 6. The van der Waals surface area contributed by atoms with Crippen molar-refractivity contribution in [3.63, 3.8) is 0 Å². The van der Waals surface area contributed by atoms with Crippen molar-refractivity contribution in [2.45, 2.75) is 13.3 Å². The molecule has 26 heavy (non-hydrogen) atoms. The number of hydrogen-bond acceptors (Lipinski definition) is 6. The molecule has 1 aromatic heterocycles. The second-order valence-electron chi connectivity index (χ2n) is 5.86. The molecule has 0 aromatic carbocycles. The molecular formula is C18H25N7O. The molecule has 1 aromatic rings. The Hall–Kier alpha value is -3.16. The Labute approximate surface area is 153 Å². The van der Waals surface area contributed by atoms with Gasteiger partial charge in [-0.2, -0.15) is 0 Å². The van der Waals surface area contributed by atoms with E-state index < -0.39 is 0 Å². The van der Waals surface area contributed by atoms with E-state index in [1.165, 1.54) is 13.1 Å². The minimum absolute atomic E-state index is 0.00148. The highest BCUT2D eigenvalue weighted by Crippen LogP contribution is 2.19. The number of allylic oxidation sites excluding steroid dienone is 1. The van der Waals surface area contributed by atoms with E-state index in [0.717, 1.165) is 16.8 Å². The third kappa shape index (κ3) is 4.47. The monoisotopic (exact) mass is 355 g/mol. The first-order valence-electron chi connectivity index (χ1n) is 8.35. The van der Waals surface area contributed by atoms with Gasteiger partial charge < -0.3 is 26.3 Å². The number of hydrogen-bond donors (Lipinski definition) is 5. The quantitative estimate of drug-likeness (QED) is 0.391. The Morgan fingerprint density at radius 3 is 2.77 bits per heavy atom. The molecule has 1 aliphatic heterocycles. The molecule has 8 nitrogen and oxygen atoms in total. The van der Waals surface area contributed by atoms with Gasteiger partial charge in [-0.3, -0.25) is 10.2 Å². The van der Waals surface area contributed by atoms with Crippen LogP contribution in [0.15, 0.2) is 35.8 Å². The van der Waals surface area contributed by atoms with E-state index in [0.29, 0.717) is 30.9 Å². The largest absolute Gasteiger partial charge is 0.393 e. The SMILES string of the molecule is CN/C=C(\C=N)c1ccnc(NC(=N)C2=C(NC)CCN(C(C)=O)C2)c1. The molecule has 0 saturated carbocycles. The molecule has 8 heteroatoms. The Morgan fingerprint density at radius 2 is 2.15 bits per heavy atom. The highest BCUT2D eigenvalue weighted by Gasteiger charge is 2.23. The lowest BCUT2D eigenvalue weighted by Crippen LogP contribution is -2.40. The molecule has 0 aliphatic carbocycles. The Balaban J connectivity index is 2.23. The molecule has 5 N–H and O–H groups in total. The molecule has 0 spiro atoms. The standard InChI is InChI=1S/C18H25N7O/c1-12(26)25-7-5-16(22-3)15(11-25)18(20)24-17-8-13(4-6-23-17)14(9-19)10-21-2/h4,6,8-10,19,21-22H,5,7,11H2,1-3H3,(H2,20,23,24)/b14-10+,19-9?. The van der Waals surface area contributed by atoms with Gasteiger partial charge in [0.15, 0.2) is 0 Å². The molecule has 1 aliphatic rings. The lowest BCUT2D eigenvalue weighted by molar-refractivity contribution is -0.128. The number of pyridine rings is 1. The van der Waals surface area contributed by atoms with Crippen molar-refractivity contribution in [1.82, 2.24) is 20.5 Å². The summed E-state index contributed by atoms with van der Waals surface area (Å²) in [5, 5.41) is 25.0. The molecule has 0 bridgehead atoms. The Morgan fingerprint density at radius 1 is 1.38 bits per heavy atom. The van der Waals surface area contributed by atoms with Gasteiger partial charge in [0.2, 0.25) is 5.91 Å². The van der Waals surface area contributed by atoms with E-state index in [9.17, 15) is 4.79 Å². The van der Waals surface area contributed by atoms with Crippen LogP contribution in [0.1, 0.15) is 18.9 Å². The third-order valence-electron chi connectivity index (χ3n) is 4.20. The molecule has 0 saturated heterocycles. The van der Waals surface area contributed by atoms with Crippen molar-refractivity contribution in [2.24, 2.45) is 0 Å². The Bertz CT molecular complexity index is 767. The lowest BCUT2D eigenvalue weighted by Gasteiger charge is -2.30. The number of nitrogens with one attached hydrogen (secondary N) is 5. The van der Waals surface area contributed by atoms with Gasteiger partial charge >= 0.3 is 0 Å². The summed E-state index contributed by atoms with van der Waals surface area (Å²) >= 11 is 0. The maximum atomic E-state index is 11.7. The van der Waals surface area contributed by atoms with E-state index >= 15 is 0 Å². The predicted octanol–water partition coefficient (Wildman–Crippen LogP) is 1.41. The van der Waals surface area contributed by atoms with Crippen LogP contribution in [-0.2, 0) is 4.79 Å². The van der Waals surface area contributed by atoms with Crippen LogP contribution in [0, 0.1) is 10.8 Å². The molecule has 138 valence electrons. The van der Waals surface area contributed by atoms with Gasteiger partial charge in [0.1, 0.15) is 11.7 Å². The first-order chi connectivity index (χ1) is 12.5. The average molecular weight is 355 g/mol. The van der Waals surface area contributed by atoms with Crippen LogP contribution in [0.2, 0.25) is 0 Å². The summed E-state index contributed by atoms with van der Waals surface area (Å²) in [6, 6.07) is 3.59. The number of amidine groups is 1. The summed E-state index contributed by atoms with van der Waals surface area (Å²) in [6.07, 6.45) is 5.30. The maximum absolute atomic E-state index is 11.7. The highest BCUT2D eigenvalue weighted by atomic mass is 16.2. The normalized spacial score (nSPS) is 14.7. The summed E-state index contributed by atoms with van der Waals surface area (Å²) in [5.74, 6) is 0.719. The summed E-state index contributed by atoms with van der Waals surface area (Å²) in [4.78, 5) is 17.7. The van der Waals surface area contributed by atoms with Gasteiger partial charge in [0, 0.05) is 69.4 Å². The fourth-order valence-electron chi connectivity index (χ4n) is 2.78. The molecule has 2 rings (SSSR count). The number of carbonyl (C=O) groups is 1. The van der Waals surface area contributed by atoms with Gasteiger partial charge in [-0.15, -0.1) is 0 Å². The van der Waals surface area contributed by atoms with E-state index in [2.05, 4.69) is 20.9 Å². The van der Waals surface area contributed by atoms with Crippen LogP contribution in [0.5, 0.6) is 0 Å². The maximum Gasteiger partial charge on any atom is 0.219 e. The van der Waals surface area contributed by atoms with E-state index in [1.54, 1.807) is 36.5 Å². The second-order valence-corrected chi connectivity index (χ2v) is 5.86. The van der Waals surface area contributed by atoms with E-state index in [1.807, 2.05) is 7.05 Å². The van der Waals surface area contributed by atoms with Crippen molar-refractivity contribution in [2.75, 3.05) is 32.5 Å². The van der Waals surface area contributed by atoms with Crippen molar-refractivity contribution >= 4 is 29.3 Å². The zero-order chi connectivity index (χ0) is 19.1. The molecule has 0 fully saturated rings. The molecule has 2 heterocycles. The van der Waals surface area contributed by atoms with Gasteiger partial charge in [-0.05, 0) is 17.7 Å². The van der Waals surface area contributed by atoms with Crippen molar-refractivity contribution in [3.8, 4) is 0 Å². The minimum Gasteiger partial charge on any atom is -0.393 e. The van der Waals surface area contributed by atoms with E-state index in [4.69, 9.17) is 10.8 Å². The first kappa shape index (κ1) is 19.2. The summed E-state index contributed by atoms with van der Waals surface area (Å²) in [7, 11) is 3.60. The molecule has 0 radical (unpaired) electrons. The summed E-state index contributed by atoms with van der Waals surface area (Å²) in [5.41, 5.74) is 3.22. The third-order valence-corrected chi connectivity index (χ3v) is 4.20. The van der Waals surface area contributed by atoms with E-state index in [-0.39, 0.29) is 11.7 Å². The fourth-order valence-corrected chi connectivity index (χ4v) is 2.78. The minimum atomic E-state index is -0.00148. The molecule has 0 unspecified atom stereocenters. The number of amides is 1. The van der Waals surface area contributed by atoms with Crippen molar-refractivity contribution in [1.29, 1.82) is 10.8 Å². The van der Waals surface area contributed by atoms with Crippen LogP contribution >= 0.6 is 0 Å². The van der Waals surface area contributed by atoms with Gasteiger partial charge in [-0.25, -0.2) is 4.98 Å². The molecule has 1 amide bonds. The summed E-state index contributed by atoms with van der Waals surface area (Å²) in [6.45, 7) is 2.58. The zero-order valence-corrected chi connectivity index (χ0v) is 15.3. The topological polar surface area (TPSA) is 117 Å². The fraction of sp³-hybridized carbons (Fsp3) is 0.333. The lowest BCUT2D eigenvalue weighted by atomic mass is 10.0. The molecule has 0 atom stereocenters. The first-order valence-corrected chi connectivity index (χ1v) is 8.35. The van der Waals surface area contributed by atoms with Gasteiger partial charge in [-0.1, -0.05) is 0 Å². The zero-order valence-electron chi connectivity index (χ0n) is 15.3. The number of carbonyl (C=O) groups excluding carboxylic acids is 1. The molecular weight excluding hydrogens is 330 g/mol. The van der Waals surface area contributed by atoms with Crippen molar-refractivity contribution < 1.29 is 4.79 Å². The van der Waals surface area contributed by atoms with Crippen LogP contribution in [0.25, 0.3) is 5.57 Å². The van der Waals surface area contributed by atoms with Crippen LogP contribution < -0.4 is 16.0 Å². The number of anilines is 1. The van der Waals surface area contributed by atoms with Crippen LogP contribution in [0.4, 0.5) is 5.82 Å². The number of nitrogens with zero attached hydrogens (tertiary/aromatic N) is 2. The summed E-state index contributed by atoms with van der Waals surface area (Å²) < 4.78 is 0. The van der Waals surface area contributed by atoms with Gasteiger partial charge in [0.25, 0.3) is 0 Å². The second kappa shape index (κ2) is 8.80. The number of aromatic nitrogens is 1. The Kier molecular flexibility index (Phi) is 6.48.